The first-order valence-corrected chi connectivity index (χ1v) is 4.90. The van der Waals surface area contributed by atoms with Crippen molar-refractivity contribution in [2.45, 2.75) is 11.9 Å². The maximum atomic E-state index is 11.6. The first-order chi connectivity index (χ1) is 5.75. The molecule has 0 saturated heterocycles. The number of pyridine rings is 1. The third-order valence-electron chi connectivity index (χ3n) is 1.55. The Kier molecular flexibility index (Phi) is 3.37. The molecule has 0 saturated carbocycles. The summed E-state index contributed by atoms with van der Waals surface area (Å²) in [6.07, 6.45) is 1.65. The highest BCUT2D eigenvalue weighted by Crippen LogP contribution is 2.03. The molecule has 0 aliphatic carbocycles. The van der Waals surface area contributed by atoms with Gasteiger partial charge in [0.1, 0.15) is 16.0 Å². The summed E-state index contributed by atoms with van der Waals surface area (Å²) < 4.78 is 13.3. The smallest absolute Gasteiger partial charge is 0.146 e. The average Bonchev–Trinajstić information content (AvgIpc) is 2.17. The number of hydrogen-bond acceptors (Lipinski definition) is 2. The molecule has 1 atom stereocenters. The van der Waals surface area contributed by atoms with Gasteiger partial charge >= 0.3 is 0 Å². The Labute approximate surface area is 75.0 Å². The van der Waals surface area contributed by atoms with Gasteiger partial charge in [0.15, 0.2) is 0 Å². The lowest BCUT2D eigenvalue weighted by Gasteiger charge is -2.11. The Balaban J connectivity index is 2.79. The second-order valence-corrected chi connectivity index (χ2v) is 3.90. The molecule has 4 heteroatoms. The van der Waals surface area contributed by atoms with Gasteiger partial charge in [-0.3, -0.25) is 0 Å². The van der Waals surface area contributed by atoms with E-state index in [-0.39, 0.29) is 0 Å². The fourth-order valence-corrected chi connectivity index (χ4v) is 1.63. The Morgan fingerprint density at radius 3 is 2.83 bits per heavy atom. The van der Waals surface area contributed by atoms with E-state index in [1.54, 1.807) is 16.6 Å². The van der Waals surface area contributed by atoms with E-state index in [4.69, 9.17) is 0 Å². The van der Waals surface area contributed by atoms with Gasteiger partial charge in [-0.1, -0.05) is 13.0 Å². The molecule has 1 heterocycles. The SMILES string of the molecule is CCN(C)S(=O)c1ccccn1. The Hall–Kier alpha value is -0.740. The summed E-state index contributed by atoms with van der Waals surface area (Å²) in [5, 5.41) is 0.613. The van der Waals surface area contributed by atoms with Crippen LogP contribution in [-0.4, -0.2) is 27.1 Å². The van der Waals surface area contributed by atoms with E-state index in [0.717, 1.165) is 6.54 Å². The molecule has 12 heavy (non-hydrogen) atoms. The number of nitrogens with zero attached hydrogens (tertiary/aromatic N) is 2. The minimum atomic E-state index is -1.11. The minimum absolute atomic E-state index is 0.613. The van der Waals surface area contributed by atoms with Gasteiger partial charge in [-0.2, -0.15) is 0 Å². The Morgan fingerprint density at radius 2 is 2.33 bits per heavy atom. The third kappa shape index (κ3) is 2.12. The number of hydrogen-bond donors (Lipinski definition) is 0. The quantitative estimate of drug-likeness (QED) is 0.703. The summed E-state index contributed by atoms with van der Waals surface area (Å²) >= 11 is 0. The predicted molar refractivity (Wildman–Crippen MR) is 48.9 cm³/mol. The lowest BCUT2D eigenvalue weighted by Crippen LogP contribution is -2.21. The summed E-state index contributed by atoms with van der Waals surface area (Å²) in [4.78, 5) is 4.01. The van der Waals surface area contributed by atoms with Crippen molar-refractivity contribution in [3.8, 4) is 0 Å². The highest BCUT2D eigenvalue weighted by atomic mass is 32.2. The van der Waals surface area contributed by atoms with Crippen LogP contribution in [0.15, 0.2) is 29.4 Å². The number of rotatable bonds is 3. The average molecular weight is 184 g/mol. The van der Waals surface area contributed by atoms with Crippen LogP contribution in [-0.2, 0) is 11.0 Å². The zero-order valence-corrected chi connectivity index (χ0v) is 8.04. The van der Waals surface area contributed by atoms with Crippen LogP contribution in [0.25, 0.3) is 0 Å². The van der Waals surface area contributed by atoms with Gasteiger partial charge in [0, 0.05) is 19.8 Å². The number of aromatic nitrogens is 1. The zero-order chi connectivity index (χ0) is 8.97. The summed E-state index contributed by atoms with van der Waals surface area (Å²) in [7, 11) is 0.704. The molecular formula is C8H12N2OS. The molecule has 1 unspecified atom stereocenters. The van der Waals surface area contributed by atoms with Crippen LogP contribution in [0.3, 0.4) is 0 Å². The van der Waals surface area contributed by atoms with Crippen molar-refractivity contribution in [2.75, 3.05) is 13.6 Å². The van der Waals surface area contributed by atoms with Crippen LogP contribution in [0.2, 0.25) is 0 Å². The maximum absolute atomic E-state index is 11.6. The van der Waals surface area contributed by atoms with Gasteiger partial charge in [-0.05, 0) is 12.1 Å². The van der Waals surface area contributed by atoms with Crippen molar-refractivity contribution in [1.29, 1.82) is 0 Å². The second kappa shape index (κ2) is 4.33. The van der Waals surface area contributed by atoms with Crippen LogP contribution in [0.5, 0.6) is 0 Å². The molecule has 0 amide bonds. The molecule has 0 fully saturated rings. The van der Waals surface area contributed by atoms with E-state index < -0.39 is 11.0 Å². The lowest BCUT2D eigenvalue weighted by molar-refractivity contribution is 0.545. The molecule has 3 nitrogen and oxygen atoms in total. The molecule has 0 spiro atoms. The first-order valence-electron chi connectivity index (χ1n) is 3.79. The summed E-state index contributed by atoms with van der Waals surface area (Å²) in [6.45, 7) is 2.71. The van der Waals surface area contributed by atoms with Crippen molar-refractivity contribution >= 4 is 11.0 Å². The molecular weight excluding hydrogens is 172 g/mol. The molecule has 1 aromatic heterocycles. The van der Waals surface area contributed by atoms with E-state index in [2.05, 4.69) is 4.98 Å². The fourth-order valence-electron chi connectivity index (χ4n) is 0.727. The molecule has 0 aliphatic heterocycles. The molecule has 0 N–H and O–H groups in total. The first kappa shape index (κ1) is 9.35. The Morgan fingerprint density at radius 1 is 1.58 bits per heavy atom. The minimum Gasteiger partial charge on any atom is -0.246 e. The standard InChI is InChI=1S/C8H12N2OS/c1-3-10(2)12(11)8-6-4-5-7-9-8/h4-7H,3H2,1-2H3. The molecule has 0 radical (unpaired) electrons. The van der Waals surface area contributed by atoms with Gasteiger partial charge in [0.05, 0.1) is 0 Å². The van der Waals surface area contributed by atoms with Crippen LogP contribution in [0.4, 0.5) is 0 Å². The lowest BCUT2D eigenvalue weighted by atomic mass is 10.5. The van der Waals surface area contributed by atoms with Gasteiger partial charge in [-0.25, -0.2) is 13.5 Å². The monoisotopic (exact) mass is 184 g/mol. The Bertz CT molecular complexity index is 263. The van der Waals surface area contributed by atoms with Gasteiger partial charge in [0.2, 0.25) is 0 Å². The van der Waals surface area contributed by atoms with Gasteiger partial charge < -0.3 is 0 Å². The molecule has 1 rings (SSSR count). The topological polar surface area (TPSA) is 33.2 Å². The normalized spacial score (nSPS) is 13.2. The van der Waals surface area contributed by atoms with E-state index in [1.165, 1.54) is 0 Å². The van der Waals surface area contributed by atoms with Crippen molar-refractivity contribution < 1.29 is 4.21 Å². The van der Waals surface area contributed by atoms with Gasteiger partial charge in [0.25, 0.3) is 0 Å². The summed E-state index contributed by atoms with van der Waals surface area (Å²) in [6, 6.07) is 5.42. The van der Waals surface area contributed by atoms with Gasteiger partial charge in [-0.15, -0.1) is 0 Å². The van der Waals surface area contributed by atoms with Crippen molar-refractivity contribution in [3.05, 3.63) is 24.4 Å². The molecule has 66 valence electrons. The predicted octanol–water partition coefficient (Wildman–Crippen LogP) is 1.06. The molecule has 1 aromatic rings. The van der Waals surface area contributed by atoms with Crippen LogP contribution < -0.4 is 0 Å². The zero-order valence-electron chi connectivity index (χ0n) is 7.23. The van der Waals surface area contributed by atoms with Crippen LogP contribution >= 0.6 is 0 Å². The van der Waals surface area contributed by atoms with E-state index in [9.17, 15) is 4.21 Å². The fraction of sp³-hybridized carbons (Fsp3) is 0.375. The highest BCUT2D eigenvalue weighted by molar-refractivity contribution is 7.82. The second-order valence-electron chi connectivity index (χ2n) is 2.36. The van der Waals surface area contributed by atoms with E-state index in [1.807, 2.05) is 26.1 Å². The summed E-state index contributed by atoms with van der Waals surface area (Å²) in [5.41, 5.74) is 0. The third-order valence-corrected chi connectivity index (χ3v) is 2.97. The largest absolute Gasteiger partial charge is 0.246 e. The van der Waals surface area contributed by atoms with Crippen LogP contribution in [0.1, 0.15) is 6.92 Å². The summed E-state index contributed by atoms with van der Waals surface area (Å²) in [5.74, 6) is 0. The van der Waals surface area contributed by atoms with Crippen molar-refractivity contribution in [1.82, 2.24) is 9.29 Å². The van der Waals surface area contributed by atoms with Crippen molar-refractivity contribution in [3.63, 3.8) is 0 Å². The van der Waals surface area contributed by atoms with E-state index >= 15 is 0 Å². The highest BCUT2D eigenvalue weighted by Gasteiger charge is 2.08. The van der Waals surface area contributed by atoms with Crippen LogP contribution in [0, 0.1) is 0 Å². The van der Waals surface area contributed by atoms with E-state index in [0.29, 0.717) is 5.03 Å². The molecule has 0 aromatic carbocycles. The maximum Gasteiger partial charge on any atom is 0.146 e. The van der Waals surface area contributed by atoms with Crippen molar-refractivity contribution in [2.24, 2.45) is 0 Å². The molecule has 0 bridgehead atoms. The molecule has 0 aliphatic rings.